The van der Waals surface area contributed by atoms with Gasteiger partial charge >= 0.3 is 0 Å². The van der Waals surface area contributed by atoms with E-state index in [1.54, 1.807) is 18.0 Å². The number of nitrogens with one attached hydrogen (secondary N) is 3. The van der Waals surface area contributed by atoms with E-state index in [0.717, 1.165) is 25.9 Å². The molecule has 0 bridgehead atoms. The molecule has 2 amide bonds. The number of benzene rings is 1. The molecule has 2 aliphatic heterocycles. The van der Waals surface area contributed by atoms with Crippen molar-refractivity contribution in [3.63, 3.8) is 0 Å². The third-order valence-corrected chi connectivity index (χ3v) is 6.32. The van der Waals surface area contributed by atoms with Gasteiger partial charge in [0, 0.05) is 25.2 Å². The molecular formula is C17H24N4O4S. The van der Waals surface area contributed by atoms with Gasteiger partial charge in [-0.05, 0) is 50.6 Å². The Hall–Kier alpha value is -1.97. The third kappa shape index (κ3) is 4.22. The molecule has 1 atom stereocenters. The summed E-state index contributed by atoms with van der Waals surface area (Å²) in [5.41, 5.74) is 0.223. The second-order valence-corrected chi connectivity index (χ2v) is 8.46. The van der Waals surface area contributed by atoms with Crippen molar-refractivity contribution < 1.29 is 18.0 Å². The molecule has 3 N–H and O–H groups in total. The van der Waals surface area contributed by atoms with Gasteiger partial charge in [0.05, 0.1) is 4.90 Å². The molecule has 2 fully saturated rings. The van der Waals surface area contributed by atoms with Gasteiger partial charge in [-0.15, -0.1) is 0 Å². The van der Waals surface area contributed by atoms with Crippen LogP contribution in [0.3, 0.4) is 0 Å². The first-order valence-electron chi connectivity index (χ1n) is 8.76. The Morgan fingerprint density at radius 1 is 1.23 bits per heavy atom. The highest BCUT2D eigenvalue weighted by Gasteiger charge is 2.30. The van der Waals surface area contributed by atoms with E-state index in [4.69, 9.17) is 0 Å². The molecule has 2 heterocycles. The lowest BCUT2D eigenvalue weighted by molar-refractivity contribution is -0.128. The van der Waals surface area contributed by atoms with E-state index < -0.39 is 22.0 Å². The summed E-state index contributed by atoms with van der Waals surface area (Å²) in [6, 6.07) is 5.23. The zero-order valence-electron chi connectivity index (χ0n) is 14.7. The van der Waals surface area contributed by atoms with Crippen molar-refractivity contribution in [3.05, 3.63) is 29.8 Å². The maximum Gasteiger partial charge on any atom is 0.251 e. The van der Waals surface area contributed by atoms with Crippen LogP contribution in [-0.2, 0) is 14.8 Å². The van der Waals surface area contributed by atoms with Crippen LogP contribution in [0.25, 0.3) is 0 Å². The van der Waals surface area contributed by atoms with Gasteiger partial charge in [-0.25, -0.2) is 13.1 Å². The minimum Gasteiger partial charge on any atom is -0.344 e. The molecule has 0 unspecified atom stereocenters. The lowest BCUT2D eigenvalue weighted by Crippen LogP contribution is -2.42. The van der Waals surface area contributed by atoms with Crippen LogP contribution in [0.4, 0.5) is 0 Å². The predicted octanol–water partition coefficient (Wildman–Crippen LogP) is -0.323. The fraction of sp³-hybridized carbons (Fsp3) is 0.529. The van der Waals surface area contributed by atoms with E-state index in [1.165, 1.54) is 18.2 Å². The number of amides is 2. The van der Waals surface area contributed by atoms with Crippen LogP contribution in [0.5, 0.6) is 0 Å². The van der Waals surface area contributed by atoms with Crippen molar-refractivity contribution in [2.45, 2.75) is 36.2 Å². The molecule has 0 saturated carbocycles. The number of likely N-dealkylation sites (tertiary alicyclic amines) is 1. The molecule has 2 saturated heterocycles. The van der Waals surface area contributed by atoms with Crippen LogP contribution in [0.1, 0.15) is 29.6 Å². The van der Waals surface area contributed by atoms with Crippen LogP contribution < -0.4 is 15.4 Å². The number of carbonyl (C=O) groups excluding carboxylic acids is 2. The number of rotatable bonds is 5. The lowest BCUT2D eigenvalue weighted by Gasteiger charge is -2.23. The van der Waals surface area contributed by atoms with Crippen molar-refractivity contribution in [1.29, 1.82) is 0 Å². The Labute approximate surface area is 153 Å². The normalized spacial score (nSPS) is 21.8. The van der Waals surface area contributed by atoms with Gasteiger partial charge in [0.25, 0.3) is 5.91 Å². The average Bonchev–Trinajstić information content (AvgIpc) is 2.94. The van der Waals surface area contributed by atoms with E-state index in [-0.39, 0.29) is 22.4 Å². The maximum absolute atomic E-state index is 12.6. The molecule has 142 valence electrons. The van der Waals surface area contributed by atoms with Crippen molar-refractivity contribution >= 4 is 21.8 Å². The molecule has 2 aliphatic rings. The SMILES string of the molecule is CN1CC[C@H](NC(=O)c2cccc(S(=O)(=O)NC3CCNCC3)c2)C1=O. The number of hydrogen-bond donors (Lipinski definition) is 3. The first kappa shape index (κ1) is 18.8. The molecular weight excluding hydrogens is 356 g/mol. The Morgan fingerprint density at radius 2 is 1.96 bits per heavy atom. The highest BCUT2D eigenvalue weighted by atomic mass is 32.2. The molecule has 0 radical (unpaired) electrons. The van der Waals surface area contributed by atoms with E-state index in [9.17, 15) is 18.0 Å². The van der Waals surface area contributed by atoms with Crippen LogP contribution in [-0.4, -0.2) is 63.9 Å². The summed E-state index contributed by atoms with van der Waals surface area (Å²) in [5, 5.41) is 5.87. The van der Waals surface area contributed by atoms with Crippen molar-refractivity contribution in [1.82, 2.24) is 20.3 Å². The maximum atomic E-state index is 12.6. The van der Waals surface area contributed by atoms with Crippen LogP contribution in [0, 0.1) is 0 Å². The Morgan fingerprint density at radius 3 is 2.62 bits per heavy atom. The second-order valence-electron chi connectivity index (χ2n) is 6.75. The largest absolute Gasteiger partial charge is 0.344 e. The number of piperidine rings is 1. The Balaban J connectivity index is 1.70. The number of carbonyl (C=O) groups is 2. The number of likely N-dealkylation sites (N-methyl/N-ethyl adjacent to an activating group) is 1. The molecule has 1 aromatic rings. The summed E-state index contributed by atoms with van der Waals surface area (Å²) in [6.07, 6.45) is 2.02. The van der Waals surface area contributed by atoms with Gasteiger partial charge in [0.15, 0.2) is 0 Å². The summed E-state index contributed by atoms with van der Waals surface area (Å²) in [7, 11) is -2.01. The van der Waals surface area contributed by atoms with E-state index in [1.807, 2.05) is 0 Å². The molecule has 0 aromatic heterocycles. The van der Waals surface area contributed by atoms with Gasteiger partial charge < -0.3 is 15.5 Å². The quantitative estimate of drug-likeness (QED) is 0.649. The summed E-state index contributed by atoms with van der Waals surface area (Å²) < 4.78 is 27.9. The molecule has 0 spiro atoms. The zero-order valence-corrected chi connectivity index (χ0v) is 15.5. The van der Waals surface area contributed by atoms with Gasteiger partial charge in [-0.1, -0.05) is 6.07 Å². The summed E-state index contributed by atoms with van der Waals surface area (Å²) in [6.45, 7) is 2.15. The van der Waals surface area contributed by atoms with Gasteiger partial charge in [-0.3, -0.25) is 9.59 Å². The highest BCUT2D eigenvalue weighted by molar-refractivity contribution is 7.89. The fourth-order valence-corrected chi connectivity index (χ4v) is 4.58. The van der Waals surface area contributed by atoms with E-state index in [2.05, 4.69) is 15.4 Å². The van der Waals surface area contributed by atoms with Gasteiger partial charge in [0.2, 0.25) is 15.9 Å². The van der Waals surface area contributed by atoms with Gasteiger partial charge in [0.1, 0.15) is 6.04 Å². The number of nitrogens with zero attached hydrogens (tertiary/aromatic N) is 1. The van der Waals surface area contributed by atoms with E-state index >= 15 is 0 Å². The second kappa shape index (κ2) is 7.73. The summed E-state index contributed by atoms with van der Waals surface area (Å²) >= 11 is 0. The van der Waals surface area contributed by atoms with Crippen molar-refractivity contribution in [2.24, 2.45) is 0 Å². The average molecular weight is 380 g/mol. The van der Waals surface area contributed by atoms with Crippen LogP contribution in [0.2, 0.25) is 0 Å². The van der Waals surface area contributed by atoms with Crippen molar-refractivity contribution in [3.8, 4) is 0 Å². The topological polar surface area (TPSA) is 108 Å². The number of sulfonamides is 1. The Kier molecular flexibility index (Phi) is 5.59. The standard InChI is InChI=1S/C17H24N4O4S/c1-21-10-7-15(17(21)23)19-16(22)12-3-2-4-14(11-12)26(24,25)20-13-5-8-18-9-6-13/h2-4,11,13,15,18,20H,5-10H2,1H3,(H,19,22)/t15-/m0/s1. The summed E-state index contributed by atoms with van der Waals surface area (Å²) in [5.74, 6) is -0.577. The molecule has 26 heavy (non-hydrogen) atoms. The van der Waals surface area contributed by atoms with Crippen LogP contribution >= 0.6 is 0 Å². The first-order valence-corrected chi connectivity index (χ1v) is 10.2. The smallest absolute Gasteiger partial charge is 0.251 e. The Bertz CT molecular complexity index is 790. The predicted molar refractivity (Wildman–Crippen MR) is 96.2 cm³/mol. The molecule has 3 rings (SSSR count). The highest BCUT2D eigenvalue weighted by Crippen LogP contribution is 2.15. The summed E-state index contributed by atoms with van der Waals surface area (Å²) in [4.78, 5) is 26.0. The van der Waals surface area contributed by atoms with E-state index in [0.29, 0.717) is 13.0 Å². The molecule has 8 nitrogen and oxygen atoms in total. The minimum absolute atomic E-state index is 0.0542. The van der Waals surface area contributed by atoms with Crippen molar-refractivity contribution in [2.75, 3.05) is 26.7 Å². The monoisotopic (exact) mass is 380 g/mol. The first-order chi connectivity index (χ1) is 12.4. The minimum atomic E-state index is -3.70. The van der Waals surface area contributed by atoms with Crippen LogP contribution in [0.15, 0.2) is 29.2 Å². The molecule has 0 aliphatic carbocycles. The third-order valence-electron chi connectivity index (χ3n) is 4.80. The zero-order chi connectivity index (χ0) is 18.7. The molecule has 1 aromatic carbocycles. The molecule has 9 heteroatoms. The fourth-order valence-electron chi connectivity index (χ4n) is 3.23. The van der Waals surface area contributed by atoms with Gasteiger partial charge in [-0.2, -0.15) is 0 Å². The number of hydrogen-bond acceptors (Lipinski definition) is 5. The lowest BCUT2D eigenvalue weighted by atomic mass is 10.1.